The normalized spacial score (nSPS) is 21.3. The first-order valence-electron chi connectivity index (χ1n) is 7.79. The Morgan fingerprint density at radius 2 is 2.26 bits per heavy atom. The van der Waals surface area contributed by atoms with Crippen molar-refractivity contribution >= 4 is 28.3 Å². The molecule has 0 unspecified atom stereocenters. The standard InChI is InChI=1S/C18H13F3N4S2/c19-9-18(27-17(23)25-10-20)6-14(18)13-5-11(1-3-15(13)21)2-4-16-24-8-12(7-22)26-16/h1,3,5,8,14H,6,9-10H2,(H2,23,25)/t14-,18+/m0/s1. The minimum atomic E-state index is -0.977. The van der Waals surface area contributed by atoms with Crippen LogP contribution in [0.2, 0.25) is 0 Å². The Balaban J connectivity index is 1.83. The Hall–Kier alpha value is -2.49. The number of aliphatic imine (C=N–C) groups is 1. The highest BCUT2D eigenvalue weighted by molar-refractivity contribution is 8.15. The van der Waals surface area contributed by atoms with Crippen molar-refractivity contribution in [3.63, 3.8) is 0 Å². The number of halogens is 3. The number of nitriles is 1. The van der Waals surface area contributed by atoms with Crippen LogP contribution in [0.3, 0.4) is 0 Å². The van der Waals surface area contributed by atoms with Crippen molar-refractivity contribution in [3.8, 4) is 17.9 Å². The third-order valence-electron chi connectivity index (χ3n) is 4.08. The van der Waals surface area contributed by atoms with Gasteiger partial charge in [-0.05, 0) is 36.1 Å². The smallest absolute Gasteiger partial charge is 0.182 e. The molecule has 0 aliphatic heterocycles. The molecule has 0 bridgehead atoms. The molecule has 1 aromatic carbocycles. The van der Waals surface area contributed by atoms with Crippen LogP contribution in [-0.2, 0) is 0 Å². The highest BCUT2D eigenvalue weighted by Gasteiger charge is 2.57. The van der Waals surface area contributed by atoms with Crippen LogP contribution < -0.4 is 5.73 Å². The molecule has 2 N–H and O–H groups in total. The van der Waals surface area contributed by atoms with Crippen molar-refractivity contribution in [3.05, 3.63) is 51.2 Å². The first kappa shape index (κ1) is 19.3. The minimum Gasteiger partial charge on any atom is -0.378 e. The van der Waals surface area contributed by atoms with Gasteiger partial charge in [-0.15, -0.1) is 0 Å². The van der Waals surface area contributed by atoms with Crippen LogP contribution in [0.4, 0.5) is 13.2 Å². The first-order chi connectivity index (χ1) is 13.0. The maximum atomic E-state index is 14.3. The van der Waals surface area contributed by atoms with Crippen LogP contribution in [0.1, 0.15) is 33.4 Å². The molecule has 27 heavy (non-hydrogen) atoms. The lowest BCUT2D eigenvalue weighted by atomic mass is 10.0. The van der Waals surface area contributed by atoms with Crippen molar-refractivity contribution in [2.24, 2.45) is 10.7 Å². The molecule has 1 aromatic heterocycles. The Labute approximate surface area is 162 Å². The average molecular weight is 406 g/mol. The lowest BCUT2D eigenvalue weighted by molar-refractivity contribution is 0.470. The summed E-state index contributed by atoms with van der Waals surface area (Å²) in [7, 11) is 0. The van der Waals surface area contributed by atoms with Gasteiger partial charge in [-0.2, -0.15) is 5.26 Å². The summed E-state index contributed by atoms with van der Waals surface area (Å²) >= 11 is 2.10. The molecular formula is C18H13F3N4S2. The number of alkyl halides is 2. The van der Waals surface area contributed by atoms with Gasteiger partial charge in [0.05, 0.1) is 10.9 Å². The molecule has 1 heterocycles. The number of nitrogens with zero attached hydrogens (tertiary/aromatic N) is 3. The fraction of sp³-hybridized carbons (Fsp3) is 0.278. The van der Waals surface area contributed by atoms with E-state index in [9.17, 15) is 13.2 Å². The summed E-state index contributed by atoms with van der Waals surface area (Å²) in [5.41, 5.74) is 6.48. The van der Waals surface area contributed by atoms with Crippen LogP contribution in [0.5, 0.6) is 0 Å². The highest BCUT2D eigenvalue weighted by atomic mass is 32.2. The van der Waals surface area contributed by atoms with Gasteiger partial charge in [0.1, 0.15) is 23.4 Å². The number of nitrogens with two attached hydrogens (primary N) is 1. The quantitative estimate of drug-likeness (QED) is 0.363. The van der Waals surface area contributed by atoms with Gasteiger partial charge >= 0.3 is 0 Å². The summed E-state index contributed by atoms with van der Waals surface area (Å²) in [6.07, 6.45) is 1.81. The maximum Gasteiger partial charge on any atom is 0.182 e. The van der Waals surface area contributed by atoms with Crippen molar-refractivity contribution in [2.45, 2.75) is 17.1 Å². The van der Waals surface area contributed by atoms with E-state index in [4.69, 9.17) is 11.0 Å². The van der Waals surface area contributed by atoms with Crippen molar-refractivity contribution in [1.82, 2.24) is 4.98 Å². The number of benzene rings is 1. The lowest BCUT2D eigenvalue weighted by Crippen LogP contribution is -2.18. The van der Waals surface area contributed by atoms with Crippen LogP contribution in [-0.4, -0.2) is 28.4 Å². The number of hydrogen-bond acceptors (Lipinski definition) is 5. The van der Waals surface area contributed by atoms with Gasteiger partial charge in [0.2, 0.25) is 0 Å². The number of thioether (sulfide) groups is 1. The average Bonchev–Trinajstić information content (AvgIpc) is 3.17. The van der Waals surface area contributed by atoms with E-state index in [1.54, 1.807) is 6.07 Å². The highest BCUT2D eigenvalue weighted by Crippen LogP contribution is 2.61. The van der Waals surface area contributed by atoms with E-state index in [1.165, 1.54) is 18.3 Å². The molecule has 0 spiro atoms. The SMILES string of the molecule is N#Cc1cnc(C#Cc2ccc(F)c([C@@H]3C[C@]3(CF)SC(N)=NCF)c2)s1. The summed E-state index contributed by atoms with van der Waals surface area (Å²) in [5, 5.41) is 9.23. The predicted octanol–water partition coefficient (Wildman–Crippen LogP) is 3.72. The summed E-state index contributed by atoms with van der Waals surface area (Å²) in [6, 6.07) is 6.37. The third kappa shape index (κ3) is 4.26. The van der Waals surface area contributed by atoms with Crippen LogP contribution in [0.25, 0.3) is 0 Å². The predicted molar refractivity (Wildman–Crippen MR) is 100 cm³/mol. The zero-order chi connectivity index (χ0) is 19.4. The second-order valence-corrected chi connectivity index (χ2v) is 8.27. The molecule has 2 aromatic rings. The van der Waals surface area contributed by atoms with Crippen molar-refractivity contribution < 1.29 is 13.2 Å². The Morgan fingerprint density at radius 3 is 2.93 bits per heavy atom. The summed E-state index contributed by atoms with van der Waals surface area (Å²) in [6.45, 7) is -1.70. The first-order valence-corrected chi connectivity index (χ1v) is 9.43. The van der Waals surface area contributed by atoms with E-state index in [0.717, 1.165) is 23.1 Å². The molecule has 1 fully saturated rings. The fourth-order valence-corrected chi connectivity index (χ4v) is 4.34. The van der Waals surface area contributed by atoms with Crippen LogP contribution in [0.15, 0.2) is 29.4 Å². The van der Waals surface area contributed by atoms with Crippen molar-refractivity contribution in [1.29, 1.82) is 5.26 Å². The van der Waals surface area contributed by atoms with Gasteiger partial charge in [-0.3, -0.25) is 0 Å². The Bertz CT molecular complexity index is 986. The largest absolute Gasteiger partial charge is 0.378 e. The number of aromatic nitrogens is 1. The van der Waals surface area contributed by atoms with Crippen LogP contribution in [0, 0.1) is 29.0 Å². The zero-order valence-electron chi connectivity index (χ0n) is 13.9. The lowest BCUT2D eigenvalue weighted by Gasteiger charge is -2.13. The molecule has 138 valence electrons. The topological polar surface area (TPSA) is 75.1 Å². The van der Waals surface area contributed by atoms with E-state index < -0.39 is 30.0 Å². The summed E-state index contributed by atoms with van der Waals surface area (Å²) in [5.74, 6) is 4.86. The molecule has 2 atom stereocenters. The van der Waals surface area contributed by atoms with Gasteiger partial charge < -0.3 is 5.73 Å². The number of hydrogen-bond donors (Lipinski definition) is 1. The van der Waals surface area contributed by atoms with E-state index in [1.807, 2.05) is 6.07 Å². The minimum absolute atomic E-state index is 0.0499. The van der Waals surface area contributed by atoms with Crippen molar-refractivity contribution in [2.75, 3.05) is 13.5 Å². The number of rotatable bonds is 4. The number of amidine groups is 1. The molecule has 1 aliphatic carbocycles. The van der Waals surface area contributed by atoms with Gasteiger partial charge in [-0.25, -0.2) is 23.1 Å². The van der Waals surface area contributed by atoms with Gasteiger partial charge in [0, 0.05) is 11.5 Å². The monoisotopic (exact) mass is 406 g/mol. The molecular weight excluding hydrogens is 393 g/mol. The molecule has 0 saturated heterocycles. The molecule has 3 rings (SSSR count). The van der Waals surface area contributed by atoms with Gasteiger partial charge in [0.25, 0.3) is 0 Å². The third-order valence-corrected chi connectivity index (χ3v) is 6.20. The molecule has 1 saturated carbocycles. The zero-order valence-corrected chi connectivity index (χ0v) is 15.5. The fourth-order valence-electron chi connectivity index (χ4n) is 2.66. The van der Waals surface area contributed by atoms with Gasteiger partial charge in [0.15, 0.2) is 17.0 Å². The Morgan fingerprint density at radius 1 is 1.44 bits per heavy atom. The van der Waals surface area contributed by atoms with Crippen LogP contribution >= 0.6 is 23.1 Å². The molecule has 9 heteroatoms. The summed E-state index contributed by atoms with van der Waals surface area (Å²) < 4.78 is 39.2. The van der Waals surface area contributed by atoms with E-state index in [-0.39, 0.29) is 5.17 Å². The van der Waals surface area contributed by atoms with Gasteiger partial charge in [-0.1, -0.05) is 29.0 Å². The maximum absolute atomic E-state index is 14.3. The number of thiazole rings is 1. The van der Waals surface area contributed by atoms with E-state index in [2.05, 4.69) is 21.8 Å². The molecule has 1 aliphatic rings. The molecule has 4 nitrogen and oxygen atoms in total. The molecule has 0 radical (unpaired) electrons. The second-order valence-electron chi connectivity index (χ2n) is 5.80. The Kier molecular flexibility index (Phi) is 5.73. The second kappa shape index (κ2) is 8.03. The van der Waals surface area contributed by atoms with E-state index >= 15 is 0 Å². The van der Waals surface area contributed by atoms with E-state index in [0.29, 0.717) is 27.4 Å². The molecule has 0 amide bonds. The summed E-state index contributed by atoms with van der Waals surface area (Å²) in [4.78, 5) is 7.88.